The quantitative estimate of drug-likeness (QED) is 0.792. The summed E-state index contributed by atoms with van der Waals surface area (Å²) >= 11 is 0. The van der Waals surface area contributed by atoms with Gasteiger partial charge < -0.3 is 9.64 Å². The van der Waals surface area contributed by atoms with Gasteiger partial charge in [-0.3, -0.25) is 19.3 Å². The first kappa shape index (κ1) is 15.7. The Labute approximate surface area is 135 Å². The third kappa shape index (κ3) is 2.74. The number of amides is 3. The summed E-state index contributed by atoms with van der Waals surface area (Å²) in [6, 6.07) is 6.80. The minimum absolute atomic E-state index is 0.0101. The van der Waals surface area contributed by atoms with Gasteiger partial charge >= 0.3 is 0 Å². The monoisotopic (exact) mass is 316 g/mol. The largest absolute Gasteiger partial charge is 0.359 e. The molecule has 1 aromatic carbocycles. The molecule has 1 fully saturated rings. The SMILES string of the molecule is CC1(C)COCN1C(=O)CCCN1C(=O)c2ccccc2C1=O. The summed E-state index contributed by atoms with van der Waals surface area (Å²) in [5.74, 6) is -0.560. The number of benzene rings is 1. The van der Waals surface area contributed by atoms with Crippen molar-refractivity contribution in [3.05, 3.63) is 35.4 Å². The third-order valence-electron chi connectivity index (χ3n) is 4.36. The maximum atomic E-state index is 12.3. The number of nitrogens with zero attached hydrogens (tertiary/aromatic N) is 2. The summed E-state index contributed by atoms with van der Waals surface area (Å²) in [7, 11) is 0. The molecule has 2 aliphatic rings. The highest BCUT2D eigenvalue weighted by atomic mass is 16.5. The van der Waals surface area contributed by atoms with Crippen LogP contribution in [0.25, 0.3) is 0 Å². The minimum Gasteiger partial charge on any atom is -0.359 e. The average Bonchev–Trinajstić information content (AvgIpc) is 2.99. The van der Waals surface area contributed by atoms with E-state index in [1.807, 2.05) is 13.8 Å². The van der Waals surface area contributed by atoms with Crippen LogP contribution in [0.4, 0.5) is 0 Å². The first-order chi connectivity index (χ1) is 10.9. The molecule has 0 bridgehead atoms. The molecule has 1 saturated heterocycles. The second kappa shape index (κ2) is 5.77. The minimum atomic E-state index is -0.299. The number of carbonyl (C=O) groups excluding carboxylic acids is 3. The highest BCUT2D eigenvalue weighted by Gasteiger charge is 2.37. The van der Waals surface area contributed by atoms with Crippen LogP contribution in [0.5, 0.6) is 0 Å². The highest BCUT2D eigenvalue weighted by molar-refractivity contribution is 6.21. The lowest BCUT2D eigenvalue weighted by Gasteiger charge is -2.29. The van der Waals surface area contributed by atoms with Gasteiger partial charge in [-0.15, -0.1) is 0 Å². The Bertz CT molecular complexity index is 633. The van der Waals surface area contributed by atoms with E-state index in [9.17, 15) is 14.4 Å². The van der Waals surface area contributed by atoms with Crippen molar-refractivity contribution in [2.75, 3.05) is 19.9 Å². The van der Waals surface area contributed by atoms with Crippen molar-refractivity contribution in [2.45, 2.75) is 32.2 Å². The molecule has 0 aliphatic carbocycles. The van der Waals surface area contributed by atoms with Crippen molar-refractivity contribution in [1.82, 2.24) is 9.80 Å². The molecular weight excluding hydrogens is 296 g/mol. The normalized spacial score (nSPS) is 19.4. The van der Waals surface area contributed by atoms with E-state index in [0.29, 0.717) is 37.3 Å². The van der Waals surface area contributed by atoms with Gasteiger partial charge in [0.2, 0.25) is 5.91 Å². The van der Waals surface area contributed by atoms with E-state index in [2.05, 4.69) is 0 Å². The van der Waals surface area contributed by atoms with Crippen LogP contribution in [0, 0.1) is 0 Å². The predicted octanol–water partition coefficient (Wildman–Crippen LogP) is 1.66. The third-order valence-corrected chi connectivity index (χ3v) is 4.36. The lowest BCUT2D eigenvalue weighted by atomic mass is 10.1. The first-order valence-electron chi connectivity index (χ1n) is 7.75. The molecule has 0 radical (unpaired) electrons. The number of hydrogen-bond donors (Lipinski definition) is 0. The fourth-order valence-electron chi connectivity index (χ4n) is 3.01. The zero-order chi connectivity index (χ0) is 16.6. The van der Waals surface area contributed by atoms with Crippen molar-refractivity contribution in [1.29, 1.82) is 0 Å². The van der Waals surface area contributed by atoms with Gasteiger partial charge in [0.15, 0.2) is 0 Å². The lowest BCUT2D eigenvalue weighted by molar-refractivity contribution is -0.135. The molecule has 6 heteroatoms. The van der Waals surface area contributed by atoms with Gasteiger partial charge in [0.1, 0.15) is 6.73 Å². The van der Waals surface area contributed by atoms with E-state index >= 15 is 0 Å². The van der Waals surface area contributed by atoms with Crippen LogP contribution in [0.2, 0.25) is 0 Å². The zero-order valence-electron chi connectivity index (χ0n) is 13.4. The number of ether oxygens (including phenoxy) is 1. The molecule has 3 amide bonds. The fraction of sp³-hybridized carbons (Fsp3) is 0.471. The summed E-state index contributed by atoms with van der Waals surface area (Å²) in [6.07, 6.45) is 0.747. The summed E-state index contributed by atoms with van der Waals surface area (Å²) < 4.78 is 5.34. The Morgan fingerprint density at radius 2 is 1.78 bits per heavy atom. The summed E-state index contributed by atoms with van der Waals surface area (Å²) in [5, 5.41) is 0. The Morgan fingerprint density at radius 1 is 1.17 bits per heavy atom. The zero-order valence-corrected chi connectivity index (χ0v) is 13.4. The Hall–Kier alpha value is -2.21. The molecule has 1 aromatic rings. The number of hydrogen-bond acceptors (Lipinski definition) is 4. The fourth-order valence-corrected chi connectivity index (χ4v) is 3.01. The Kier molecular flexibility index (Phi) is 3.93. The number of fused-ring (bicyclic) bond motifs is 1. The second-order valence-electron chi connectivity index (χ2n) is 6.52. The Balaban J connectivity index is 1.57. The van der Waals surface area contributed by atoms with E-state index in [-0.39, 0.29) is 29.8 Å². The predicted molar refractivity (Wildman–Crippen MR) is 82.8 cm³/mol. The highest BCUT2D eigenvalue weighted by Crippen LogP contribution is 2.24. The van der Waals surface area contributed by atoms with Crippen molar-refractivity contribution < 1.29 is 19.1 Å². The van der Waals surface area contributed by atoms with Gasteiger partial charge in [0, 0.05) is 13.0 Å². The van der Waals surface area contributed by atoms with Gasteiger partial charge in [0.05, 0.1) is 23.3 Å². The van der Waals surface area contributed by atoms with Gasteiger partial charge in [-0.25, -0.2) is 0 Å². The molecule has 0 unspecified atom stereocenters. The van der Waals surface area contributed by atoms with Gasteiger partial charge in [-0.05, 0) is 32.4 Å². The van der Waals surface area contributed by atoms with Crippen molar-refractivity contribution >= 4 is 17.7 Å². The summed E-state index contributed by atoms with van der Waals surface area (Å²) in [6.45, 7) is 5.01. The molecule has 0 saturated carbocycles. The molecule has 2 heterocycles. The van der Waals surface area contributed by atoms with Crippen LogP contribution >= 0.6 is 0 Å². The number of rotatable bonds is 4. The number of imide groups is 1. The summed E-state index contributed by atoms with van der Waals surface area (Å²) in [5.41, 5.74) is 0.586. The van der Waals surface area contributed by atoms with E-state index in [0.717, 1.165) is 0 Å². The molecule has 0 spiro atoms. The molecular formula is C17H20N2O4. The van der Waals surface area contributed by atoms with Crippen LogP contribution in [0.15, 0.2) is 24.3 Å². The van der Waals surface area contributed by atoms with Crippen molar-refractivity contribution in [2.24, 2.45) is 0 Å². The van der Waals surface area contributed by atoms with Gasteiger partial charge in [-0.1, -0.05) is 12.1 Å². The van der Waals surface area contributed by atoms with Crippen LogP contribution in [-0.4, -0.2) is 52.9 Å². The topological polar surface area (TPSA) is 66.9 Å². The smallest absolute Gasteiger partial charge is 0.261 e. The van der Waals surface area contributed by atoms with Crippen LogP contribution < -0.4 is 0 Å². The maximum Gasteiger partial charge on any atom is 0.261 e. The standard InChI is InChI=1S/C17H20N2O4/c1-17(2)10-23-11-19(17)14(20)8-5-9-18-15(21)12-6-3-4-7-13(12)16(18)22/h3-4,6-7H,5,8-11H2,1-2H3. The first-order valence-corrected chi connectivity index (χ1v) is 7.75. The van der Waals surface area contributed by atoms with Gasteiger partial charge in [-0.2, -0.15) is 0 Å². The van der Waals surface area contributed by atoms with E-state index in [1.165, 1.54) is 4.90 Å². The van der Waals surface area contributed by atoms with Crippen LogP contribution in [0.1, 0.15) is 47.4 Å². The average molecular weight is 316 g/mol. The molecule has 0 N–H and O–H groups in total. The molecule has 2 aliphatic heterocycles. The number of carbonyl (C=O) groups is 3. The van der Waals surface area contributed by atoms with Crippen molar-refractivity contribution in [3.63, 3.8) is 0 Å². The molecule has 0 atom stereocenters. The van der Waals surface area contributed by atoms with Crippen molar-refractivity contribution in [3.8, 4) is 0 Å². The second-order valence-corrected chi connectivity index (χ2v) is 6.52. The van der Waals surface area contributed by atoms with Crippen LogP contribution in [0.3, 0.4) is 0 Å². The Morgan fingerprint density at radius 3 is 2.30 bits per heavy atom. The molecule has 0 aromatic heterocycles. The van der Waals surface area contributed by atoms with Gasteiger partial charge in [0.25, 0.3) is 11.8 Å². The maximum absolute atomic E-state index is 12.3. The molecule has 3 rings (SSSR count). The molecule has 23 heavy (non-hydrogen) atoms. The van der Waals surface area contributed by atoms with E-state index in [4.69, 9.17) is 4.74 Å². The lowest BCUT2D eigenvalue weighted by Crippen LogP contribution is -2.44. The molecule has 122 valence electrons. The van der Waals surface area contributed by atoms with Crippen LogP contribution in [-0.2, 0) is 9.53 Å². The summed E-state index contributed by atoms with van der Waals surface area (Å²) in [4.78, 5) is 39.7. The van der Waals surface area contributed by atoms with E-state index < -0.39 is 0 Å². The van der Waals surface area contributed by atoms with E-state index in [1.54, 1.807) is 29.2 Å². The molecule has 6 nitrogen and oxygen atoms in total.